The third-order valence-corrected chi connectivity index (χ3v) is 10.0. The number of rotatable bonds is 5. The first kappa shape index (κ1) is 28.4. The first-order valence-corrected chi connectivity index (χ1v) is 17.1. The van der Waals surface area contributed by atoms with Crippen molar-refractivity contribution in [3.8, 4) is 22.3 Å². The predicted octanol–water partition coefficient (Wildman–Crippen LogP) is 13.8. The van der Waals surface area contributed by atoms with Crippen molar-refractivity contribution in [1.82, 2.24) is 0 Å². The summed E-state index contributed by atoms with van der Waals surface area (Å²) in [5, 5.41) is 9.48. The molecule has 0 fully saturated rings. The summed E-state index contributed by atoms with van der Waals surface area (Å²) in [6.45, 7) is 0. The normalized spacial score (nSPS) is 11.6. The van der Waals surface area contributed by atoms with Crippen molar-refractivity contribution in [1.29, 1.82) is 0 Å². The summed E-state index contributed by atoms with van der Waals surface area (Å²) in [4.78, 5) is 2.41. The molecule has 0 aliphatic rings. The SMILES string of the molecule is c1ccc(N(c2ccc(-c3ccc4ccccc4c3)cc2)c2cccc3ccccc23)c(-c2ccc3c(ccc4c5ccccc5oc34)c2)c1. The van der Waals surface area contributed by atoms with E-state index in [9.17, 15) is 0 Å². The van der Waals surface area contributed by atoms with E-state index in [1.54, 1.807) is 0 Å². The maximum Gasteiger partial charge on any atom is 0.143 e. The topological polar surface area (TPSA) is 16.4 Å². The number of hydrogen-bond donors (Lipinski definition) is 0. The Labute approximate surface area is 290 Å². The van der Waals surface area contributed by atoms with Crippen LogP contribution in [0.1, 0.15) is 0 Å². The second kappa shape index (κ2) is 11.5. The summed E-state index contributed by atoms with van der Waals surface area (Å²) in [5.74, 6) is 0. The number of furan rings is 1. The van der Waals surface area contributed by atoms with Gasteiger partial charge in [0.05, 0.1) is 11.4 Å². The van der Waals surface area contributed by atoms with Crippen molar-refractivity contribution in [2.45, 2.75) is 0 Å². The lowest BCUT2D eigenvalue weighted by atomic mass is 9.97. The molecule has 0 spiro atoms. The van der Waals surface area contributed by atoms with E-state index in [1.807, 2.05) is 12.1 Å². The molecule has 0 unspecified atom stereocenters. The molecule has 0 saturated carbocycles. The van der Waals surface area contributed by atoms with E-state index < -0.39 is 0 Å². The average molecular weight is 638 g/mol. The molecule has 0 atom stereocenters. The smallest absolute Gasteiger partial charge is 0.143 e. The molecule has 0 radical (unpaired) electrons. The zero-order valence-corrected chi connectivity index (χ0v) is 27.3. The molecule has 10 aromatic rings. The van der Waals surface area contributed by atoms with Gasteiger partial charge in [-0.25, -0.2) is 0 Å². The van der Waals surface area contributed by atoms with Crippen LogP contribution in [0.3, 0.4) is 0 Å². The zero-order chi connectivity index (χ0) is 33.0. The molecule has 0 amide bonds. The maximum atomic E-state index is 6.38. The van der Waals surface area contributed by atoms with E-state index in [0.717, 1.165) is 60.9 Å². The average Bonchev–Trinajstić information content (AvgIpc) is 3.57. The molecule has 2 nitrogen and oxygen atoms in total. The summed E-state index contributed by atoms with van der Waals surface area (Å²) in [5.41, 5.74) is 9.92. The molecule has 0 N–H and O–H groups in total. The number of anilines is 3. The second-order valence-electron chi connectivity index (χ2n) is 12.9. The minimum Gasteiger partial charge on any atom is -0.455 e. The molecule has 234 valence electrons. The summed E-state index contributed by atoms with van der Waals surface area (Å²) in [7, 11) is 0. The molecule has 0 aliphatic heterocycles. The fourth-order valence-corrected chi connectivity index (χ4v) is 7.57. The van der Waals surface area contributed by atoms with E-state index in [1.165, 1.54) is 32.7 Å². The maximum absolute atomic E-state index is 6.38. The standard InChI is InChI=1S/C48H31NO/c1-2-12-35-30-36(21-20-32(35)10-1)33-22-26-39(27-23-33)49(46-18-9-13-34-11-3-4-14-40(34)46)45-17-7-5-15-41(45)37-24-28-42-38(31-37)25-29-44-43-16-6-8-19-47(43)50-48(42)44/h1-31H. The van der Waals surface area contributed by atoms with Crippen LogP contribution in [0.15, 0.2) is 192 Å². The van der Waals surface area contributed by atoms with Crippen LogP contribution in [0, 0.1) is 0 Å². The highest BCUT2D eigenvalue weighted by molar-refractivity contribution is 6.15. The Morgan fingerprint density at radius 1 is 0.340 bits per heavy atom. The predicted molar refractivity (Wildman–Crippen MR) is 212 cm³/mol. The zero-order valence-electron chi connectivity index (χ0n) is 27.3. The second-order valence-corrected chi connectivity index (χ2v) is 12.9. The Kier molecular flexibility index (Phi) is 6.53. The van der Waals surface area contributed by atoms with E-state index in [2.05, 4.69) is 181 Å². The van der Waals surface area contributed by atoms with Crippen LogP contribution in [0.5, 0.6) is 0 Å². The minimum atomic E-state index is 0.918. The molecule has 1 heterocycles. The summed E-state index contributed by atoms with van der Waals surface area (Å²) in [6, 6.07) is 67.6. The number of para-hydroxylation sites is 2. The lowest BCUT2D eigenvalue weighted by Gasteiger charge is -2.29. The van der Waals surface area contributed by atoms with Crippen LogP contribution >= 0.6 is 0 Å². The fourth-order valence-electron chi connectivity index (χ4n) is 7.57. The van der Waals surface area contributed by atoms with Crippen molar-refractivity contribution in [2.24, 2.45) is 0 Å². The molecule has 10 rings (SSSR count). The highest BCUT2D eigenvalue weighted by Gasteiger charge is 2.20. The summed E-state index contributed by atoms with van der Waals surface area (Å²) >= 11 is 0. The van der Waals surface area contributed by atoms with Crippen molar-refractivity contribution in [3.05, 3.63) is 188 Å². The Morgan fingerprint density at radius 3 is 1.86 bits per heavy atom. The van der Waals surface area contributed by atoms with Crippen LogP contribution in [0.4, 0.5) is 17.1 Å². The summed E-state index contributed by atoms with van der Waals surface area (Å²) < 4.78 is 6.38. The molecule has 2 heteroatoms. The Hall–Kier alpha value is -6.64. The van der Waals surface area contributed by atoms with Crippen LogP contribution in [0.2, 0.25) is 0 Å². The molecular weight excluding hydrogens is 607 g/mol. The lowest BCUT2D eigenvalue weighted by Crippen LogP contribution is -2.11. The monoisotopic (exact) mass is 637 g/mol. The van der Waals surface area contributed by atoms with Crippen molar-refractivity contribution in [2.75, 3.05) is 4.90 Å². The highest BCUT2D eigenvalue weighted by atomic mass is 16.3. The molecule has 9 aromatic carbocycles. The van der Waals surface area contributed by atoms with Crippen LogP contribution < -0.4 is 4.90 Å². The van der Waals surface area contributed by atoms with Gasteiger partial charge in [-0.2, -0.15) is 0 Å². The molecule has 0 bridgehead atoms. The largest absolute Gasteiger partial charge is 0.455 e. The van der Waals surface area contributed by atoms with Gasteiger partial charge in [0.15, 0.2) is 0 Å². The quantitative estimate of drug-likeness (QED) is 0.187. The highest BCUT2D eigenvalue weighted by Crippen LogP contribution is 2.45. The lowest BCUT2D eigenvalue weighted by molar-refractivity contribution is 0.672. The number of hydrogen-bond acceptors (Lipinski definition) is 2. The van der Waals surface area contributed by atoms with Crippen molar-refractivity contribution in [3.63, 3.8) is 0 Å². The Bertz CT molecular complexity index is 2870. The van der Waals surface area contributed by atoms with Gasteiger partial charge >= 0.3 is 0 Å². The van der Waals surface area contributed by atoms with E-state index in [4.69, 9.17) is 4.42 Å². The van der Waals surface area contributed by atoms with Crippen LogP contribution in [0.25, 0.3) is 76.5 Å². The van der Waals surface area contributed by atoms with E-state index >= 15 is 0 Å². The van der Waals surface area contributed by atoms with Gasteiger partial charge in [0.1, 0.15) is 11.2 Å². The fraction of sp³-hybridized carbons (Fsp3) is 0. The molecule has 0 aliphatic carbocycles. The van der Waals surface area contributed by atoms with E-state index in [-0.39, 0.29) is 0 Å². The minimum absolute atomic E-state index is 0.918. The van der Waals surface area contributed by atoms with Crippen molar-refractivity contribution >= 4 is 71.3 Å². The summed E-state index contributed by atoms with van der Waals surface area (Å²) in [6.07, 6.45) is 0. The molecule has 0 saturated heterocycles. The van der Waals surface area contributed by atoms with Crippen LogP contribution in [-0.2, 0) is 0 Å². The van der Waals surface area contributed by atoms with E-state index in [0.29, 0.717) is 0 Å². The number of fused-ring (bicyclic) bond motifs is 7. The first-order valence-electron chi connectivity index (χ1n) is 17.1. The van der Waals surface area contributed by atoms with Gasteiger partial charge in [0, 0.05) is 32.8 Å². The Balaban J connectivity index is 1.13. The van der Waals surface area contributed by atoms with Gasteiger partial charge in [-0.15, -0.1) is 0 Å². The molecular formula is C48H31NO. The van der Waals surface area contributed by atoms with Gasteiger partial charge < -0.3 is 9.32 Å². The third-order valence-electron chi connectivity index (χ3n) is 10.0. The first-order chi connectivity index (χ1) is 24.8. The van der Waals surface area contributed by atoms with Gasteiger partial charge in [-0.1, -0.05) is 133 Å². The third kappa shape index (κ3) is 4.65. The van der Waals surface area contributed by atoms with Crippen molar-refractivity contribution < 1.29 is 4.42 Å². The number of nitrogens with zero attached hydrogens (tertiary/aromatic N) is 1. The number of benzene rings is 9. The molecule has 50 heavy (non-hydrogen) atoms. The van der Waals surface area contributed by atoms with Gasteiger partial charge in [-0.05, 0) is 92.8 Å². The Morgan fingerprint density at radius 2 is 0.960 bits per heavy atom. The molecule has 1 aromatic heterocycles. The van der Waals surface area contributed by atoms with Crippen LogP contribution in [-0.4, -0.2) is 0 Å². The van der Waals surface area contributed by atoms with Gasteiger partial charge in [0.25, 0.3) is 0 Å². The van der Waals surface area contributed by atoms with Gasteiger partial charge in [0.2, 0.25) is 0 Å². The van der Waals surface area contributed by atoms with Gasteiger partial charge in [-0.3, -0.25) is 0 Å².